The van der Waals surface area contributed by atoms with Crippen molar-refractivity contribution in [2.75, 3.05) is 0 Å². The third kappa shape index (κ3) is 4.34. The fraction of sp³-hybridized carbons (Fsp3) is 0.588. The number of carbonyl (C=O) groups excluding carboxylic acids is 1. The van der Waals surface area contributed by atoms with Crippen molar-refractivity contribution in [3.63, 3.8) is 0 Å². The Hall–Kier alpha value is -1.35. The van der Waals surface area contributed by atoms with Crippen LogP contribution in [0, 0.1) is 0 Å². The molecule has 1 amide bonds. The van der Waals surface area contributed by atoms with Crippen LogP contribution < -0.4 is 11.1 Å². The highest BCUT2D eigenvalue weighted by atomic mass is 16.1. The third-order valence-corrected chi connectivity index (χ3v) is 4.31. The van der Waals surface area contributed by atoms with Gasteiger partial charge in [-0.3, -0.25) is 4.79 Å². The van der Waals surface area contributed by atoms with Gasteiger partial charge in [-0.25, -0.2) is 0 Å². The molecule has 0 aliphatic heterocycles. The molecule has 2 rings (SSSR count). The molecule has 0 saturated heterocycles. The molecule has 1 fully saturated rings. The van der Waals surface area contributed by atoms with E-state index in [-0.39, 0.29) is 17.5 Å². The molecule has 0 spiro atoms. The Kier molecular flexibility index (Phi) is 5.18. The molecular formula is C17H26N2O. The predicted octanol–water partition coefficient (Wildman–Crippen LogP) is 3.31. The van der Waals surface area contributed by atoms with Crippen LogP contribution in [0.25, 0.3) is 0 Å². The lowest BCUT2D eigenvalue weighted by Gasteiger charge is -2.34. The van der Waals surface area contributed by atoms with Crippen LogP contribution in [0.3, 0.4) is 0 Å². The van der Waals surface area contributed by atoms with Gasteiger partial charge in [-0.2, -0.15) is 0 Å². The molecule has 1 unspecified atom stereocenters. The quantitative estimate of drug-likeness (QED) is 0.865. The molecule has 110 valence electrons. The zero-order chi connectivity index (χ0) is 14.4. The van der Waals surface area contributed by atoms with Crippen molar-refractivity contribution in [3.05, 3.63) is 35.9 Å². The van der Waals surface area contributed by atoms with E-state index in [1.54, 1.807) is 0 Å². The fourth-order valence-electron chi connectivity index (χ4n) is 3.01. The Morgan fingerprint density at radius 2 is 1.90 bits per heavy atom. The first-order valence-electron chi connectivity index (χ1n) is 7.71. The van der Waals surface area contributed by atoms with E-state index in [1.807, 2.05) is 30.3 Å². The van der Waals surface area contributed by atoms with Gasteiger partial charge in [0.15, 0.2) is 0 Å². The van der Waals surface area contributed by atoms with Crippen molar-refractivity contribution in [3.8, 4) is 0 Å². The van der Waals surface area contributed by atoms with Crippen LogP contribution in [0.5, 0.6) is 0 Å². The number of hydrogen-bond donors (Lipinski definition) is 2. The summed E-state index contributed by atoms with van der Waals surface area (Å²) in [6, 6.07) is 9.93. The van der Waals surface area contributed by atoms with Crippen LogP contribution in [0.4, 0.5) is 0 Å². The lowest BCUT2D eigenvalue weighted by atomic mass is 9.83. The number of hydrogen-bond acceptors (Lipinski definition) is 2. The topological polar surface area (TPSA) is 55.1 Å². The Balaban J connectivity index is 1.77. The van der Waals surface area contributed by atoms with Crippen molar-refractivity contribution in [2.24, 2.45) is 5.73 Å². The molecule has 0 bridgehead atoms. The maximum atomic E-state index is 12.1. The molecular weight excluding hydrogens is 248 g/mol. The summed E-state index contributed by atoms with van der Waals surface area (Å²) in [4.78, 5) is 12.1. The fourth-order valence-corrected chi connectivity index (χ4v) is 3.01. The van der Waals surface area contributed by atoms with Crippen LogP contribution >= 0.6 is 0 Å². The van der Waals surface area contributed by atoms with Crippen molar-refractivity contribution in [1.29, 1.82) is 0 Å². The van der Waals surface area contributed by atoms with Crippen molar-refractivity contribution < 1.29 is 4.79 Å². The minimum Gasteiger partial charge on any atom is -0.351 e. The number of nitrogens with two attached hydrogens (primary N) is 1. The zero-order valence-electron chi connectivity index (χ0n) is 12.4. The monoisotopic (exact) mass is 274 g/mol. The minimum atomic E-state index is -0.0545. The van der Waals surface area contributed by atoms with Gasteiger partial charge in [-0.15, -0.1) is 0 Å². The number of rotatable bonds is 5. The van der Waals surface area contributed by atoms with Gasteiger partial charge in [-0.1, -0.05) is 49.6 Å². The van der Waals surface area contributed by atoms with E-state index in [0.717, 1.165) is 18.4 Å². The lowest BCUT2D eigenvalue weighted by molar-refractivity contribution is -0.123. The van der Waals surface area contributed by atoms with Gasteiger partial charge < -0.3 is 11.1 Å². The average molecular weight is 274 g/mol. The molecule has 1 atom stereocenters. The molecule has 0 radical (unpaired) electrons. The highest BCUT2D eigenvalue weighted by Crippen LogP contribution is 2.27. The summed E-state index contributed by atoms with van der Waals surface area (Å²) in [5.74, 6) is 0.140. The predicted molar refractivity (Wildman–Crippen MR) is 82.2 cm³/mol. The first-order chi connectivity index (χ1) is 9.59. The number of nitrogens with one attached hydrogen (secondary N) is 1. The van der Waals surface area contributed by atoms with Gasteiger partial charge in [0.05, 0.1) is 0 Å². The minimum absolute atomic E-state index is 0.00613. The maximum absolute atomic E-state index is 12.1. The van der Waals surface area contributed by atoms with Crippen LogP contribution in [-0.2, 0) is 4.79 Å². The Bertz CT molecular complexity index is 424. The Morgan fingerprint density at radius 1 is 1.25 bits per heavy atom. The lowest BCUT2D eigenvalue weighted by Crippen LogP contribution is -2.47. The van der Waals surface area contributed by atoms with Gasteiger partial charge >= 0.3 is 0 Å². The summed E-state index contributed by atoms with van der Waals surface area (Å²) in [6.07, 6.45) is 7.15. The van der Waals surface area contributed by atoms with Crippen LogP contribution in [0.2, 0.25) is 0 Å². The van der Waals surface area contributed by atoms with E-state index < -0.39 is 0 Å². The normalized spacial score (nSPS) is 19.3. The second-order valence-corrected chi connectivity index (χ2v) is 6.23. The van der Waals surface area contributed by atoms with E-state index in [0.29, 0.717) is 12.8 Å². The molecule has 1 aromatic rings. The summed E-state index contributed by atoms with van der Waals surface area (Å²) < 4.78 is 0. The van der Waals surface area contributed by atoms with Crippen molar-refractivity contribution in [1.82, 2.24) is 5.32 Å². The van der Waals surface area contributed by atoms with Crippen molar-refractivity contribution >= 4 is 5.91 Å². The Labute approximate surface area is 121 Å². The summed E-state index contributed by atoms with van der Waals surface area (Å²) in [6.45, 7) is 2.17. The molecule has 20 heavy (non-hydrogen) atoms. The van der Waals surface area contributed by atoms with Gasteiger partial charge in [-0.05, 0) is 31.7 Å². The second-order valence-electron chi connectivity index (χ2n) is 6.23. The van der Waals surface area contributed by atoms with Gasteiger partial charge in [0.1, 0.15) is 0 Å². The molecule has 3 heteroatoms. The summed E-state index contributed by atoms with van der Waals surface area (Å²) >= 11 is 0. The van der Waals surface area contributed by atoms with Crippen molar-refractivity contribution in [2.45, 2.75) is 63.5 Å². The van der Waals surface area contributed by atoms with E-state index in [1.165, 1.54) is 19.3 Å². The first-order valence-corrected chi connectivity index (χ1v) is 7.71. The molecule has 3 nitrogen and oxygen atoms in total. The molecule has 0 heterocycles. The zero-order valence-corrected chi connectivity index (χ0v) is 12.4. The van der Waals surface area contributed by atoms with E-state index in [2.05, 4.69) is 12.2 Å². The molecule has 0 aromatic heterocycles. The number of amides is 1. The molecule has 1 saturated carbocycles. The Morgan fingerprint density at radius 3 is 2.55 bits per heavy atom. The number of benzene rings is 1. The van der Waals surface area contributed by atoms with E-state index >= 15 is 0 Å². The molecule has 1 aromatic carbocycles. The van der Waals surface area contributed by atoms with Crippen LogP contribution in [0.15, 0.2) is 30.3 Å². The SMILES string of the molecule is CC1(NC(=O)CCC(N)c2ccccc2)CCCCC1. The highest BCUT2D eigenvalue weighted by Gasteiger charge is 2.28. The smallest absolute Gasteiger partial charge is 0.220 e. The third-order valence-electron chi connectivity index (χ3n) is 4.31. The largest absolute Gasteiger partial charge is 0.351 e. The van der Waals surface area contributed by atoms with Gasteiger partial charge in [0.2, 0.25) is 5.91 Å². The summed E-state index contributed by atoms with van der Waals surface area (Å²) in [5, 5.41) is 3.21. The number of carbonyl (C=O) groups is 1. The summed E-state index contributed by atoms with van der Waals surface area (Å²) in [5.41, 5.74) is 7.24. The van der Waals surface area contributed by atoms with E-state index in [9.17, 15) is 4.79 Å². The molecule has 1 aliphatic rings. The summed E-state index contributed by atoms with van der Waals surface area (Å²) in [7, 11) is 0. The molecule has 1 aliphatic carbocycles. The van der Waals surface area contributed by atoms with Crippen LogP contribution in [0.1, 0.15) is 63.5 Å². The van der Waals surface area contributed by atoms with E-state index in [4.69, 9.17) is 5.73 Å². The van der Waals surface area contributed by atoms with Gasteiger partial charge in [0.25, 0.3) is 0 Å². The average Bonchev–Trinajstić information content (AvgIpc) is 2.46. The van der Waals surface area contributed by atoms with Crippen LogP contribution in [-0.4, -0.2) is 11.4 Å². The highest BCUT2D eigenvalue weighted by molar-refractivity contribution is 5.76. The standard InChI is InChI=1S/C17H26N2O/c1-17(12-6-3-7-13-17)19-16(20)11-10-15(18)14-8-4-2-5-9-14/h2,4-5,8-9,15H,3,6-7,10-13,18H2,1H3,(H,19,20). The van der Waals surface area contributed by atoms with Gasteiger partial charge in [0, 0.05) is 18.0 Å². The first kappa shape index (κ1) is 15.0. The maximum Gasteiger partial charge on any atom is 0.220 e. The second kappa shape index (κ2) is 6.89. The molecule has 3 N–H and O–H groups in total.